The van der Waals surface area contributed by atoms with Crippen LogP contribution in [0.5, 0.6) is 0 Å². The Balaban J connectivity index is 2.98. The molecule has 1 rings (SSSR count). The van der Waals surface area contributed by atoms with Crippen LogP contribution in [-0.4, -0.2) is 49.4 Å². The number of nitrogens with zero attached hydrogens (tertiary/aromatic N) is 1. The lowest BCUT2D eigenvalue weighted by Gasteiger charge is -2.19. The average Bonchev–Trinajstić information content (AvgIpc) is 2.55. The van der Waals surface area contributed by atoms with Gasteiger partial charge < -0.3 is 10.0 Å². The number of carboxylic acids is 1. The first-order chi connectivity index (χ1) is 11.3. The van der Waals surface area contributed by atoms with Gasteiger partial charge in [0, 0.05) is 18.7 Å². The summed E-state index contributed by atoms with van der Waals surface area (Å²) in [5.74, 6) is -1.39. The summed E-state index contributed by atoms with van der Waals surface area (Å²) >= 11 is 0. The van der Waals surface area contributed by atoms with Crippen molar-refractivity contribution in [2.75, 3.05) is 13.1 Å². The van der Waals surface area contributed by atoms with E-state index in [0.717, 1.165) is 0 Å². The van der Waals surface area contributed by atoms with Crippen LogP contribution in [0.4, 0.5) is 0 Å². The molecule has 0 aromatic heterocycles. The van der Waals surface area contributed by atoms with E-state index in [4.69, 9.17) is 5.11 Å². The number of carbonyl (C=O) groups excluding carboxylic acids is 1. The van der Waals surface area contributed by atoms with E-state index in [9.17, 15) is 18.0 Å². The molecule has 134 valence electrons. The largest absolute Gasteiger partial charge is 0.480 e. The van der Waals surface area contributed by atoms with Crippen LogP contribution in [0.1, 0.15) is 44.0 Å². The Morgan fingerprint density at radius 1 is 1.12 bits per heavy atom. The van der Waals surface area contributed by atoms with Gasteiger partial charge in [0.15, 0.2) is 0 Å². The fraction of sp³-hybridized carbons (Fsp3) is 0.500. The summed E-state index contributed by atoms with van der Waals surface area (Å²) in [5, 5.41) is 9.07. The van der Waals surface area contributed by atoms with E-state index in [0.29, 0.717) is 25.1 Å². The van der Waals surface area contributed by atoms with Gasteiger partial charge in [0.25, 0.3) is 5.91 Å². The van der Waals surface area contributed by atoms with Crippen molar-refractivity contribution in [2.45, 2.75) is 44.6 Å². The first kappa shape index (κ1) is 20.1. The van der Waals surface area contributed by atoms with Crippen molar-refractivity contribution in [3.05, 3.63) is 29.8 Å². The van der Waals surface area contributed by atoms with Gasteiger partial charge in [0.1, 0.15) is 6.04 Å². The third-order valence-corrected chi connectivity index (χ3v) is 5.12. The molecule has 1 amide bonds. The van der Waals surface area contributed by atoms with E-state index < -0.39 is 22.0 Å². The number of carboxylic acid groups (broad SMARTS) is 1. The van der Waals surface area contributed by atoms with Crippen molar-refractivity contribution in [3.63, 3.8) is 0 Å². The van der Waals surface area contributed by atoms with Crippen LogP contribution < -0.4 is 4.72 Å². The zero-order chi connectivity index (χ0) is 18.3. The molecule has 0 heterocycles. The highest BCUT2D eigenvalue weighted by Crippen LogP contribution is 2.14. The van der Waals surface area contributed by atoms with Crippen LogP contribution >= 0.6 is 0 Å². The number of benzene rings is 1. The van der Waals surface area contributed by atoms with Crippen LogP contribution in [0.25, 0.3) is 0 Å². The summed E-state index contributed by atoms with van der Waals surface area (Å²) in [6, 6.07) is 4.32. The molecular weight excluding hydrogens is 332 g/mol. The Bertz CT molecular complexity index is 666. The topological polar surface area (TPSA) is 104 Å². The third-order valence-electron chi connectivity index (χ3n) is 3.64. The summed E-state index contributed by atoms with van der Waals surface area (Å²) in [5.41, 5.74) is 0.390. The van der Waals surface area contributed by atoms with Gasteiger partial charge in [-0.1, -0.05) is 13.3 Å². The second-order valence-electron chi connectivity index (χ2n) is 5.30. The first-order valence-electron chi connectivity index (χ1n) is 7.91. The highest BCUT2D eigenvalue weighted by Gasteiger charge is 2.25. The van der Waals surface area contributed by atoms with Crippen molar-refractivity contribution in [2.24, 2.45) is 0 Å². The quantitative estimate of drug-likeness (QED) is 0.701. The number of amides is 1. The van der Waals surface area contributed by atoms with Gasteiger partial charge in [-0.05, 0) is 44.5 Å². The van der Waals surface area contributed by atoms with E-state index in [1.54, 1.807) is 11.8 Å². The molecule has 1 unspecified atom stereocenters. The van der Waals surface area contributed by atoms with E-state index in [1.807, 2.05) is 13.8 Å². The van der Waals surface area contributed by atoms with Crippen LogP contribution in [-0.2, 0) is 14.8 Å². The number of hydrogen-bond acceptors (Lipinski definition) is 4. The molecule has 2 N–H and O–H groups in total. The molecule has 24 heavy (non-hydrogen) atoms. The van der Waals surface area contributed by atoms with Crippen molar-refractivity contribution >= 4 is 21.9 Å². The monoisotopic (exact) mass is 356 g/mol. The fourth-order valence-corrected chi connectivity index (χ4v) is 3.47. The van der Waals surface area contributed by atoms with E-state index in [-0.39, 0.29) is 17.2 Å². The molecule has 0 radical (unpaired) electrons. The number of nitrogens with one attached hydrogen (secondary N) is 1. The maximum atomic E-state index is 12.3. The van der Waals surface area contributed by atoms with Crippen LogP contribution in [0.15, 0.2) is 29.2 Å². The van der Waals surface area contributed by atoms with Crippen molar-refractivity contribution < 1.29 is 23.1 Å². The molecule has 0 saturated heterocycles. The predicted octanol–water partition coefficient (Wildman–Crippen LogP) is 1.70. The van der Waals surface area contributed by atoms with Crippen molar-refractivity contribution in [1.82, 2.24) is 9.62 Å². The summed E-state index contributed by atoms with van der Waals surface area (Å²) in [7, 11) is -3.96. The Labute approximate surface area is 142 Å². The second kappa shape index (κ2) is 8.79. The summed E-state index contributed by atoms with van der Waals surface area (Å²) in [6.45, 7) is 6.63. The van der Waals surface area contributed by atoms with Crippen molar-refractivity contribution in [1.29, 1.82) is 0 Å². The minimum Gasteiger partial charge on any atom is -0.480 e. The van der Waals surface area contributed by atoms with Gasteiger partial charge in [-0.2, -0.15) is 4.72 Å². The molecule has 0 aliphatic heterocycles. The highest BCUT2D eigenvalue weighted by molar-refractivity contribution is 7.89. The van der Waals surface area contributed by atoms with E-state index >= 15 is 0 Å². The number of rotatable bonds is 9. The SMILES string of the molecule is CCCC(NS(=O)(=O)c1ccc(C(=O)N(CC)CC)cc1)C(=O)O. The third kappa shape index (κ3) is 5.04. The minimum absolute atomic E-state index is 0.0686. The number of sulfonamides is 1. The van der Waals surface area contributed by atoms with Gasteiger partial charge >= 0.3 is 5.97 Å². The Morgan fingerprint density at radius 2 is 1.67 bits per heavy atom. The van der Waals surface area contributed by atoms with Gasteiger partial charge in [-0.3, -0.25) is 9.59 Å². The molecule has 8 heteroatoms. The number of carbonyl (C=O) groups is 2. The molecule has 0 fully saturated rings. The average molecular weight is 356 g/mol. The molecule has 0 aliphatic carbocycles. The zero-order valence-corrected chi connectivity index (χ0v) is 15.0. The van der Waals surface area contributed by atoms with E-state index in [2.05, 4.69) is 4.72 Å². The summed E-state index contributed by atoms with van der Waals surface area (Å²) in [4.78, 5) is 24.9. The minimum atomic E-state index is -3.96. The highest BCUT2D eigenvalue weighted by atomic mass is 32.2. The summed E-state index contributed by atoms with van der Waals surface area (Å²) < 4.78 is 26.7. The van der Waals surface area contributed by atoms with Crippen LogP contribution in [0.2, 0.25) is 0 Å². The first-order valence-corrected chi connectivity index (χ1v) is 9.39. The number of aliphatic carboxylic acids is 1. The lowest BCUT2D eigenvalue weighted by molar-refractivity contribution is -0.139. The van der Waals surface area contributed by atoms with Gasteiger partial charge in [0.2, 0.25) is 10.0 Å². The van der Waals surface area contributed by atoms with Crippen molar-refractivity contribution in [3.8, 4) is 0 Å². The fourth-order valence-electron chi connectivity index (χ4n) is 2.25. The van der Waals surface area contributed by atoms with Gasteiger partial charge in [0.05, 0.1) is 4.90 Å². The molecule has 0 saturated carbocycles. The molecule has 0 bridgehead atoms. The lowest BCUT2D eigenvalue weighted by atomic mass is 10.2. The molecule has 1 aromatic carbocycles. The zero-order valence-electron chi connectivity index (χ0n) is 14.2. The Hall–Kier alpha value is -1.93. The molecule has 1 atom stereocenters. The summed E-state index contributed by atoms with van der Waals surface area (Å²) in [6.07, 6.45) is 0.740. The van der Waals surface area contributed by atoms with Gasteiger partial charge in [-0.25, -0.2) is 8.42 Å². The molecule has 1 aromatic rings. The molecule has 7 nitrogen and oxygen atoms in total. The predicted molar refractivity (Wildman–Crippen MR) is 90.3 cm³/mol. The number of hydrogen-bond donors (Lipinski definition) is 2. The standard InChI is InChI=1S/C16H24N2O5S/c1-4-7-14(16(20)21)17-24(22,23)13-10-8-12(9-11-13)15(19)18(5-2)6-3/h8-11,14,17H,4-7H2,1-3H3,(H,20,21). The maximum Gasteiger partial charge on any atom is 0.321 e. The molecule has 0 spiro atoms. The maximum absolute atomic E-state index is 12.3. The second-order valence-corrected chi connectivity index (χ2v) is 7.02. The Kier molecular flexibility index (Phi) is 7.37. The Morgan fingerprint density at radius 3 is 2.08 bits per heavy atom. The van der Waals surface area contributed by atoms with E-state index in [1.165, 1.54) is 24.3 Å². The molecule has 0 aliphatic rings. The molecular formula is C16H24N2O5S. The normalized spacial score (nSPS) is 12.6. The smallest absolute Gasteiger partial charge is 0.321 e. The van der Waals surface area contributed by atoms with Crippen LogP contribution in [0.3, 0.4) is 0 Å². The lowest BCUT2D eigenvalue weighted by Crippen LogP contribution is -2.40. The van der Waals surface area contributed by atoms with Gasteiger partial charge in [-0.15, -0.1) is 0 Å². The van der Waals surface area contributed by atoms with Crippen LogP contribution in [0, 0.1) is 0 Å².